The fourth-order valence-electron chi connectivity index (χ4n) is 0.704. The third-order valence-corrected chi connectivity index (χ3v) is 2.43. The van der Waals surface area contributed by atoms with Crippen molar-refractivity contribution in [3.05, 3.63) is 0 Å². The topological polar surface area (TPSA) is 35.5 Å². The lowest BCUT2D eigenvalue weighted by molar-refractivity contribution is -0.432. The van der Waals surface area contributed by atoms with E-state index in [4.69, 9.17) is 0 Å². The summed E-state index contributed by atoms with van der Waals surface area (Å²) in [6.45, 7) is 0.340. The van der Waals surface area contributed by atoms with Gasteiger partial charge in [0.15, 0.2) is 0 Å². The van der Waals surface area contributed by atoms with E-state index >= 15 is 0 Å². The molecular formula is C6H5F9O3P+. The Morgan fingerprint density at radius 1 is 0.895 bits per heavy atom. The maximum absolute atomic E-state index is 13.1. The Balaban J connectivity index is 5.63. The Labute approximate surface area is 100 Å². The maximum atomic E-state index is 13.1. The number of halogens is 9. The van der Waals surface area contributed by atoms with E-state index in [-0.39, 0.29) is 0 Å². The van der Waals surface area contributed by atoms with Gasteiger partial charge < -0.3 is 0 Å². The Bertz CT molecular complexity index is 338. The van der Waals surface area contributed by atoms with Crippen LogP contribution in [-0.4, -0.2) is 30.7 Å². The van der Waals surface area contributed by atoms with Crippen molar-refractivity contribution < 1.29 is 53.1 Å². The van der Waals surface area contributed by atoms with Crippen molar-refractivity contribution in [3.8, 4) is 0 Å². The van der Waals surface area contributed by atoms with E-state index in [1.807, 2.05) is 0 Å². The third-order valence-electron chi connectivity index (χ3n) is 1.56. The molecule has 0 radical (unpaired) electrons. The summed E-state index contributed by atoms with van der Waals surface area (Å²) in [4.78, 5) is 0. The molecule has 0 rings (SSSR count). The SMILES string of the molecule is CCO[P+](=O)OC(F)(C(F)(F)F)C(F)(F)C(F)(F)F. The first kappa shape index (κ1) is 18.4. The highest BCUT2D eigenvalue weighted by atomic mass is 31.1. The first-order valence-electron chi connectivity index (χ1n) is 4.20. The maximum Gasteiger partial charge on any atom is 0.701 e. The highest BCUT2D eigenvalue weighted by Crippen LogP contribution is 2.56. The average molecular weight is 327 g/mol. The van der Waals surface area contributed by atoms with Crippen LogP contribution in [0.5, 0.6) is 0 Å². The van der Waals surface area contributed by atoms with Gasteiger partial charge in [0, 0.05) is 4.57 Å². The minimum Gasteiger partial charge on any atom is -0.189 e. The van der Waals surface area contributed by atoms with Crippen LogP contribution < -0.4 is 0 Å². The predicted molar refractivity (Wildman–Crippen MR) is 41.2 cm³/mol. The van der Waals surface area contributed by atoms with Gasteiger partial charge in [0.2, 0.25) is 0 Å². The van der Waals surface area contributed by atoms with Crippen LogP contribution in [0.1, 0.15) is 6.92 Å². The third kappa shape index (κ3) is 3.48. The van der Waals surface area contributed by atoms with E-state index in [0.29, 0.717) is 0 Å². The van der Waals surface area contributed by atoms with Gasteiger partial charge in [-0.25, -0.2) is 0 Å². The second-order valence-electron chi connectivity index (χ2n) is 2.90. The van der Waals surface area contributed by atoms with Crippen molar-refractivity contribution in [2.45, 2.75) is 31.1 Å². The Morgan fingerprint density at radius 3 is 1.58 bits per heavy atom. The Morgan fingerprint density at radius 2 is 1.32 bits per heavy atom. The summed E-state index contributed by atoms with van der Waals surface area (Å²) >= 11 is 0. The molecule has 0 heterocycles. The first-order valence-corrected chi connectivity index (χ1v) is 5.29. The molecule has 0 aromatic rings. The lowest BCUT2D eigenvalue weighted by Crippen LogP contribution is -2.62. The van der Waals surface area contributed by atoms with Crippen LogP contribution in [0.25, 0.3) is 0 Å². The number of rotatable bonds is 5. The van der Waals surface area contributed by atoms with Gasteiger partial charge in [-0.2, -0.15) is 39.5 Å². The zero-order chi connectivity index (χ0) is 15.7. The lowest BCUT2D eigenvalue weighted by Gasteiger charge is -2.30. The molecule has 0 aromatic carbocycles. The molecule has 0 bridgehead atoms. The summed E-state index contributed by atoms with van der Waals surface area (Å²) < 4.78 is 127. The highest BCUT2D eigenvalue weighted by molar-refractivity contribution is 7.33. The van der Waals surface area contributed by atoms with E-state index < -0.39 is 39.0 Å². The van der Waals surface area contributed by atoms with E-state index in [1.54, 1.807) is 0 Å². The molecule has 0 aliphatic carbocycles. The minimum absolute atomic E-state index is 0.666. The monoisotopic (exact) mass is 327 g/mol. The van der Waals surface area contributed by atoms with Crippen molar-refractivity contribution in [2.75, 3.05) is 6.61 Å². The van der Waals surface area contributed by atoms with Crippen LogP contribution in [-0.2, 0) is 13.6 Å². The van der Waals surface area contributed by atoms with Gasteiger partial charge in [0.05, 0.1) is 0 Å². The Hall–Kier alpha value is -0.610. The van der Waals surface area contributed by atoms with E-state index in [1.165, 1.54) is 0 Å². The molecule has 2 atom stereocenters. The van der Waals surface area contributed by atoms with Gasteiger partial charge in [-0.1, -0.05) is 4.52 Å². The largest absolute Gasteiger partial charge is 0.701 e. The van der Waals surface area contributed by atoms with Crippen LogP contribution in [0.15, 0.2) is 0 Å². The van der Waals surface area contributed by atoms with Crippen LogP contribution in [0.3, 0.4) is 0 Å². The summed E-state index contributed by atoms with van der Waals surface area (Å²) in [6, 6.07) is 0. The number of hydrogen-bond donors (Lipinski definition) is 0. The average Bonchev–Trinajstić information content (AvgIpc) is 2.13. The second kappa shape index (κ2) is 5.41. The van der Waals surface area contributed by atoms with Gasteiger partial charge >= 0.3 is 32.4 Å². The summed E-state index contributed by atoms with van der Waals surface area (Å²) in [6.07, 6.45) is -13.7. The molecule has 3 nitrogen and oxygen atoms in total. The molecule has 0 fully saturated rings. The van der Waals surface area contributed by atoms with Crippen molar-refractivity contribution in [2.24, 2.45) is 0 Å². The van der Waals surface area contributed by atoms with Gasteiger partial charge in [-0.3, -0.25) is 0 Å². The summed E-state index contributed by atoms with van der Waals surface area (Å²) in [7, 11) is -4.17. The summed E-state index contributed by atoms with van der Waals surface area (Å²) in [5.41, 5.74) is 0. The Kier molecular flexibility index (Phi) is 5.23. The molecule has 0 saturated heterocycles. The molecule has 0 spiro atoms. The normalized spacial score (nSPS) is 18.1. The summed E-state index contributed by atoms with van der Waals surface area (Å²) in [5, 5.41) is 0. The van der Waals surface area contributed by atoms with Gasteiger partial charge in [-0.15, -0.1) is 4.52 Å². The van der Waals surface area contributed by atoms with Crippen molar-refractivity contribution in [1.82, 2.24) is 0 Å². The second-order valence-corrected chi connectivity index (χ2v) is 3.79. The molecular weight excluding hydrogens is 322 g/mol. The standard InChI is InChI=1S/C6H5F9O3P/c1-2-17-19(16)18-4(9,6(13,14)15)3(7,8)5(10,11)12/h2H2,1H3/q+1. The molecule has 0 saturated carbocycles. The molecule has 0 aromatic heterocycles. The first-order chi connectivity index (χ1) is 8.20. The molecule has 13 heteroatoms. The fraction of sp³-hybridized carbons (Fsp3) is 1.00. The minimum atomic E-state index is -6.97. The van der Waals surface area contributed by atoms with E-state index in [9.17, 15) is 44.1 Å². The zero-order valence-corrected chi connectivity index (χ0v) is 9.68. The van der Waals surface area contributed by atoms with Crippen molar-refractivity contribution >= 4 is 8.25 Å². The quantitative estimate of drug-likeness (QED) is 0.563. The lowest BCUT2D eigenvalue weighted by atomic mass is 10.1. The van der Waals surface area contributed by atoms with E-state index in [0.717, 1.165) is 6.92 Å². The molecule has 114 valence electrons. The van der Waals surface area contributed by atoms with E-state index in [2.05, 4.69) is 9.05 Å². The zero-order valence-electron chi connectivity index (χ0n) is 8.78. The molecule has 0 N–H and O–H groups in total. The molecule has 19 heavy (non-hydrogen) atoms. The highest BCUT2D eigenvalue weighted by Gasteiger charge is 2.86. The van der Waals surface area contributed by atoms with Crippen molar-refractivity contribution in [3.63, 3.8) is 0 Å². The van der Waals surface area contributed by atoms with Crippen LogP contribution in [0.2, 0.25) is 0 Å². The predicted octanol–water partition coefficient (Wildman–Crippen LogP) is 4.12. The molecule has 0 aliphatic heterocycles. The van der Waals surface area contributed by atoms with Crippen LogP contribution >= 0.6 is 8.25 Å². The van der Waals surface area contributed by atoms with Crippen LogP contribution in [0, 0.1) is 0 Å². The van der Waals surface area contributed by atoms with Gasteiger partial charge in [-0.05, 0) is 6.92 Å². The smallest absolute Gasteiger partial charge is 0.189 e. The van der Waals surface area contributed by atoms with Crippen LogP contribution in [0.4, 0.5) is 39.5 Å². The fourth-order valence-corrected chi connectivity index (χ4v) is 1.39. The number of hydrogen-bond acceptors (Lipinski definition) is 3. The van der Waals surface area contributed by atoms with Gasteiger partial charge in [0.25, 0.3) is 0 Å². The number of alkyl halides is 9. The molecule has 0 amide bonds. The molecule has 2 unspecified atom stereocenters. The summed E-state index contributed by atoms with van der Waals surface area (Å²) in [5.74, 6) is -13.5. The van der Waals surface area contributed by atoms with Gasteiger partial charge in [0.1, 0.15) is 6.61 Å². The van der Waals surface area contributed by atoms with Crippen molar-refractivity contribution in [1.29, 1.82) is 0 Å². The molecule has 0 aliphatic rings.